The van der Waals surface area contributed by atoms with Crippen LogP contribution in [0.15, 0.2) is 0 Å². The Morgan fingerprint density at radius 2 is 2.06 bits per heavy atom. The summed E-state index contributed by atoms with van der Waals surface area (Å²) in [6.07, 6.45) is 5.28. The SMILES string of the molecule is COCCN(CCC1CCCCN1)C(C)COC. The fourth-order valence-corrected chi connectivity index (χ4v) is 2.60. The molecule has 4 nitrogen and oxygen atoms in total. The van der Waals surface area contributed by atoms with Crippen LogP contribution in [0.5, 0.6) is 0 Å². The zero-order valence-corrected chi connectivity index (χ0v) is 12.3. The Morgan fingerprint density at radius 3 is 2.67 bits per heavy atom. The van der Waals surface area contributed by atoms with Crippen LogP contribution in [-0.4, -0.2) is 64.1 Å². The van der Waals surface area contributed by atoms with E-state index in [1.54, 1.807) is 14.2 Å². The van der Waals surface area contributed by atoms with E-state index in [2.05, 4.69) is 17.1 Å². The third-order valence-electron chi connectivity index (χ3n) is 3.79. The molecule has 0 spiro atoms. The van der Waals surface area contributed by atoms with E-state index in [4.69, 9.17) is 9.47 Å². The highest BCUT2D eigenvalue weighted by Crippen LogP contribution is 2.11. The Labute approximate surface area is 112 Å². The zero-order chi connectivity index (χ0) is 13.2. The maximum Gasteiger partial charge on any atom is 0.0615 e. The van der Waals surface area contributed by atoms with E-state index in [0.29, 0.717) is 12.1 Å². The van der Waals surface area contributed by atoms with E-state index in [1.807, 2.05) is 0 Å². The van der Waals surface area contributed by atoms with Crippen molar-refractivity contribution in [2.24, 2.45) is 0 Å². The Bertz CT molecular complexity index is 196. The second-order valence-corrected chi connectivity index (χ2v) is 5.27. The molecule has 4 heteroatoms. The lowest BCUT2D eigenvalue weighted by molar-refractivity contribution is 0.0718. The molecule has 18 heavy (non-hydrogen) atoms. The molecule has 0 amide bonds. The first-order chi connectivity index (χ1) is 8.77. The van der Waals surface area contributed by atoms with Crippen molar-refractivity contribution in [1.82, 2.24) is 10.2 Å². The number of nitrogens with zero attached hydrogens (tertiary/aromatic N) is 1. The van der Waals surface area contributed by atoms with Gasteiger partial charge in [0.15, 0.2) is 0 Å². The maximum absolute atomic E-state index is 5.26. The van der Waals surface area contributed by atoms with Gasteiger partial charge >= 0.3 is 0 Å². The summed E-state index contributed by atoms with van der Waals surface area (Å²) in [7, 11) is 3.54. The van der Waals surface area contributed by atoms with Crippen molar-refractivity contribution < 1.29 is 9.47 Å². The van der Waals surface area contributed by atoms with E-state index in [1.165, 1.54) is 32.2 Å². The molecule has 1 rings (SSSR count). The highest BCUT2D eigenvalue weighted by atomic mass is 16.5. The minimum Gasteiger partial charge on any atom is -0.383 e. The summed E-state index contributed by atoms with van der Waals surface area (Å²) in [5, 5.41) is 3.61. The van der Waals surface area contributed by atoms with Crippen LogP contribution >= 0.6 is 0 Å². The zero-order valence-electron chi connectivity index (χ0n) is 12.3. The van der Waals surface area contributed by atoms with Crippen LogP contribution < -0.4 is 5.32 Å². The predicted molar refractivity (Wildman–Crippen MR) is 75.0 cm³/mol. The number of nitrogens with one attached hydrogen (secondary N) is 1. The molecule has 0 bridgehead atoms. The number of rotatable bonds is 9. The molecule has 2 atom stereocenters. The molecular formula is C14H30N2O2. The van der Waals surface area contributed by atoms with Gasteiger partial charge in [-0.2, -0.15) is 0 Å². The number of piperidine rings is 1. The van der Waals surface area contributed by atoms with Crippen LogP contribution in [0.4, 0.5) is 0 Å². The van der Waals surface area contributed by atoms with Gasteiger partial charge in [0.2, 0.25) is 0 Å². The van der Waals surface area contributed by atoms with Gasteiger partial charge in [0.25, 0.3) is 0 Å². The number of ether oxygens (including phenoxy) is 2. The minimum absolute atomic E-state index is 0.466. The molecule has 0 aromatic carbocycles. The molecule has 2 unspecified atom stereocenters. The number of hydrogen-bond donors (Lipinski definition) is 1. The molecule has 0 radical (unpaired) electrons. The summed E-state index contributed by atoms with van der Waals surface area (Å²) in [5.74, 6) is 0. The Balaban J connectivity index is 2.29. The molecule has 1 fully saturated rings. The highest BCUT2D eigenvalue weighted by molar-refractivity contribution is 4.75. The van der Waals surface area contributed by atoms with E-state index >= 15 is 0 Å². The molecule has 0 saturated carbocycles. The van der Waals surface area contributed by atoms with Crippen molar-refractivity contribution >= 4 is 0 Å². The Morgan fingerprint density at radius 1 is 1.22 bits per heavy atom. The monoisotopic (exact) mass is 258 g/mol. The average Bonchev–Trinajstić information content (AvgIpc) is 2.40. The fraction of sp³-hybridized carbons (Fsp3) is 1.00. The van der Waals surface area contributed by atoms with E-state index < -0.39 is 0 Å². The van der Waals surface area contributed by atoms with Gasteiger partial charge < -0.3 is 14.8 Å². The van der Waals surface area contributed by atoms with Crippen LogP contribution in [0.25, 0.3) is 0 Å². The van der Waals surface area contributed by atoms with Crippen LogP contribution in [0.1, 0.15) is 32.6 Å². The molecule has 1 aliphatic heterocycles. The van der Waals surface area contributed by atoms with Gasteiger partial charge in [-0.25, -0.2) is 0 Å². The van der Waals surface area contributed by atoms with Gasteiger partial charge in [0.05, 0.1) is 13.2 Å². The first kappa shape index (κ1) is 15.9. The van der Waals surface area contributed by atoms with Gasteiger partial charge in [-0.05, 0) is 32.7 Å². The van der Waals surface area contributed by atoms with Crippen LogP contribution in [0, 0.1) is 0 Å². The summed E-state index contributed by atoms with van der Waals surface area (Å²) < 4.78 is 10.5. The lowest BCUT2D eigenvalue weighted by Crippen LogP contribution is -2.42. The fourth-order valence-electron chi connectivity index (χ4n) is 2.60. The van der Waals surface area contributed by atoms with Gasteiger partial charge in [-0.3, -0.25) is 4.90 Å². The lowest BCUT2D eigenvalue weighted by Gasteiger charge is -2.31. The van der Waals surface area contributed by atoms with Gasteiger partial charge in [0, 0.05) is 39.4 Å². The molecule has 0 aromatic rings. The topological polar surface area (TPSA) is 33.7 Å². The summed E-state index contributed by atoms with van der Waals surface area (Å²) in [6.45, 7) is 7.14. The summed E-state index contributed by atoms with van der Waals surface area (Å²) in [4.78, 5) is 2.48. The predicted octanol–water partition coefficient (Wildman–Crippen LogP) is 1.50. The molecule has 1 aliphatic rings. The second-order valence-electron chi connectivity index (χ2n) is 5.27. The van der Waals surface area contributed by atoms with Crippen molar-refractivity contribution in [3.63, 3.8) is 0 Å². The molecule has 1 heterocycles. The molecule has 0 aliphatic carbocycles. The Kier molecular flexibility index (Phi) is 8.59. The van der Waals surface area contributed by atoms with Crippen molar-refractivity contribution in [3.8, 4) is 0 Å². The highest BCUT2D eigenvalue weighted by Gasteiger charge is 2.17. The van der Waals surface area contributed by atoms with Crippen molar-refractivity contribution in [3.05, 3.63) is 0 Å². The third kappa shape index (κ3) is 6.14. The van der Waals surface area contributed by atoms with Gasteiger partial charge in [0.1, 0.15) is 0 Å². The second kappa shape index (κ2) is 9.73. The molecule has 1 saturated heterocycles. The standard InChI is InChI=1S/C14H30N2O2/c1-13(12-18-3)16(10-11-17-2)9-7-14-6-4-5-8-15-14/h13-15H,4-12H2,1-3H3. The largest absolute Gasteiger partial charge is 0.383 e. The van der Waals surface area contributed by atoms with E-state index in [9.17, 15) is 0 Å². The van der Waals surface area contributed by atoms with Crippen molar-refractivity contribution in [2.45, 2.75) is 44.7 Å². The number of hydrogen-bond acceptors (Lipinski definition) is 4. The summed E-state index contributed by atoms with van der Waals surface area (Å²) in [5.41, 5.74) is 0. The van der Waals surface area contributed by atoms with Crippen LogP contribution in [0.2, 0.25) is 0 Å². The number of methoxy groups -OCH3 is 2. The normalized spacial score (nSPS) is 22.3. The molecule has 0 aromatic heterocycles. The smallest absolute Gasteiger partial charge is 0.0615 e. The van der Waals surface area contributed by atoms with Gasteiger partial charge in [-0.1, -0.05) is 6.42 Å². The third-order valence-corrected chi connectivity index (χ3v) is 3.79. The first-order valence-electron chi connectivity index (χ1n) is 7.23. The first-order valence-corrected chi connectivity index (χ1v) is 7.23. The lowest BCUT2D eigenvalue weighted by atomic mass is 10.0. The van der Waals surface area contributed by atoms with E-state index in [-0.39, 0.29) is 0 Å². The van der Waals surface area contributed by atoms with Crippen LogP contribution in [0.3, 0.4) is 0 Å². The summed E-state index contributed by atoms with van der Waals surface area (Å²) in [6, 6.07) is 1.17. The van der Waals surface area contributed by atoms with Crippen molar-refractivity contribution in [2.75, 3.05) is 47.1 Å². The molecule has 1 N–H and O–H groups in total. The minimum atomic E-state index is 0.466. The molecule has 108 valence electrons. The van der Waals surface area contributed by atoms with E-state index in [0.717, 1.165) is 26.3 Å². The van der Waals surface area contributed by atoms with Crippen LogP contribution in [-0.2, 0) is 9.47 Å². The Hall–Kier alpha value is -0.160. The molecular weight excluding hydrogens is 228 g/mol. The van der Waals surface area contributed by atoms with Gasteiger partial charge in [-0.15, -0.1) is 0 Å². The summed E-state index contributed by atoms with van der Waals surface area (Å²) >= 11 is 0. The maximum atomic E-state index is 5.26. The quantitative estimate of drug-likeness (QED) is 0.679. The van der Waals surface area contributed by atoms with Crippen molar-refractivity contribution in [1.29, 1.82) is 0 Å². The average molecular weight is 258 g/mol.